The SMILES string of the molecule is CC(C)n1nc(Cl)c([N+](=O)[O-])c1C(F)(F)F. The summed E-state index contributed by atoms with van der Waals surface area (Å²) in [7, 11) is 0. The molecule has 0 N–H and O–H groups in total. The Balaban J connectivity index is 3.56. The average molecular weight is 258 g/mol. The Morgan fingerprint density at radius 2 is 2.00 bits per heavy atom. The Morgan fingerprint density at radius 3 is 2.31 bits per heavy atom. The van der Waals surface area contributed by atoms with E-state index < -0.39 is 33.7 Å². The Kier molecular flexibility index (Phi) is 3.13. The highest BCUT2D eigenvalue weighted by Crippen LogP contribution is 2.40. The summed E-state index contributed by atoms with van der Waals surface area (Å²) in [6.45, 7) is 2.84. The van der Waals surface area contributed by atoms with Gasteiger partial charge in [0.2, 0.25) is 10.8 Å². The van der Waals surface area contributed by atoms with Crippen LogP contribution in [0, 0.1) is 10.1 Å². The molecule has 0 amide bonds. The highest BCUT2D eigenvalue weighted by atomic mass is 35.5. The molecule has 0 spiro atoms. The molecule has 1 aromatic heterocycles. The van der Waals surface area contributed by atoms with Crippen molar-refractivity contribution in [2.75, 3.05) is 0 Å². The van der Waals surface area contributed by atoms with Crippen molar-refractivity contribution in [1.82, 2.24) is 9.78 Å². The number of halogens is 4. The van der Waals surface area contributed by atoms with E-state index in [0.717, 1.165) is 0 Å². The van der Waals surface area contributed by atoms with Crippen LogP contribution in [-0.2, 0) is 6.18 Å². The molecule has 0 saturated heterocycles. The van der Waals surface area contributed by atoms with Gasteiger partial charge in [-0.1, -0.05) is 11.6 Å². The van der Waals surface area contributed by atoms with Crippen LogP contribution in [0.15, 0.2) is 0 Å². The van der Waals surface area contributed by atoms with Crippen molar-refractivity contribution in [1.29, 1.82) is 0 Å². The molecule has 9 heteroatoms. The molecule has 0 atom stereocenters. The molecule has 0 saturated carbocycles. The molecule has 1 aromatic rings. The predicted octanol–water partition coefficient (Wildman–Crippen LogP) is 3.04. The number of hydrogen-bond acceptors (Lipinski definition) is 3. The number of rotatable bonds is 2. The molecule has 0 aliphatic heterocycles. The van der Waals surface area contributed by atoms with Gasteiger partial charge in [0.05, 0.1) is 4.92 Å². The first-order valence-electron chi connectivity index (χ1n) is 4.15. The van der Waals surface area contributed by atoms with Crippen LogP contribution in [0.5, 0.6) is 0 Å². The van der Waals surface area contributed by atoms with Crippen LogP contribution in [0.3, 0.4) is 0 Å². The number of alkyl halides is 3. The number of nitro groups is 1. The molecule has 1 heterocycles. The summed E-state index contributed by atoms with van der Waals surface area (Å²) < 4.78 is 38.4. The van der Waals surface area contributed by atoms with Crippen LogP contribution in [-0.4, -0.2) is 14.7 Å². The lowest BCUT2D eigenvalue weighted by atomic mass is 10.3. The fourth-order valence-electron chi connectivity index (χ4n) is 1.20. The van der Waals surface area contributed by atoms with E-state index in [1.54, 1.807) is 0 Å². The van der Waals surface area contributed by atoms with E-state index in [1.807, 2.05) is 0 Å². The van der Waals surface area contributed by atoms with Gasteiger partial charge in [-0.25, -0.2) is 0 Å². The average Bonchev–Trinajstić information content (AvgIpc) is 2.41. The molecular weight excluding hydrogens is 251 g/mol. The second kappa shape index (κ2) is 3.93. The van der Waals surface area contributed by atoms with E-state index in [-0.39, 0.29) is 0 Å². The van der Waals surface area contributed by atoms with Crippen LogP contribution in [0.25, 0.3) is 0 Å². The number of hydrogen-bond donors (Lipinski definition) is 0. The molecule has 0 aliphatic rings. The lowest BCUT2D eigenvalue weighted by molar-refractivity contribution is -0.388. The minimum absolute atomic E-state index is 0.500. The maximum atomic E-state index is 12.6. The quantitative estimate of drug-likeness (QED) is 0.604. The van der Waals surface area contributed by atoms with Gasteiger partial charge >= 0.3 is 11.9 Å². The molecule has 5 nitrogen and oxygen atoms in total. The van der Waals surface area contributed by atoms with E-state index in [4.69, 9.17) is 11.6 Å². The van der Waals surface area contributed by atoms with Gasteiger partial charge in [-0.2, -0.15) is 18.3 Å². The molecule has 0 bridgehead atoms. The normalized spacial score (nSPS) is 12.2. The first kappa shape index (κ1) is 12.8. The van der Waals surface area contributed by atoms with Gasteiger partial charge in [-0.15, -0.1) is 0 Å². The second-order valence-corrected chi connectivity index (χ2v) is 3.64. The van der Waals surface area contributed by atoms with Crippen molar-refractivity contribution < 1.29 is 18.1 Å². The number of nitrogens with zero attached hydrogens (tertiary/aromatic N) is 3. The Bertz CT molecular complexity index is 427. The van der Waals surface area contributed by atoms with Gasteiger partial charge in [0, 0.05) is 6.04 Å². The summed E-state index contributed by atoms with van der Waals surface area (Å²) in [6, 6.07) is -0.678. The van der Waals surface area contributed by atoms with E-state index in [9.17, 15) is 23.3 Å². The topological polar surface area (TPSA) is 61.0 Å². The van der Waals surface area contributed by atoms with Crippen LogP contribution in [0.1, 0.15) is 25.6 Å². The molecule has 0 fully saturated rings. The van der Waals surface area contributed by atoms with E-state index in [2.05, 4.69) is 5.10 Å². The van der Waals surface area contributed by atoms with Crippen LogP contribution in [0.2, 0.25) is 5.15 Å². The van der Waals surface area contributed by atoms with Crippen molar-refractivity contribution in [3.8, 4) is 0 Å². The lowest BCUT2D eigenvalue weighted by Crippen LogP contribution is -2.17. The summed E-state index contributed by atoms with van der Waals surface area (Å²) in [5.41, 5.74) is -2.64. The Morgan fingerprint density at radius 1 is 1.50 bits per heavy atom. The molecule has 1 rings (SSSR count). The van der Waals surface area contributed by atoms with Gasteiger partial charge in [-0.3, -0.25) is 14.8 Å². The van der Waals surface area contributed by atoms with Gasteiger partial charge in [0.1, 0.15) is 0 Å². The molecule has 0 unspecified atom stereocenters. The molecule has 0 radical (unpaired) electrons. The van der Waals surface area contributed by atoms with E-state index in [1.165, 1.54) is 13.8 Å². The fraction of sp³-hybridized carbons (Fsp3) is 0.571. The summed E-state index contributed by atoms with van der Waals surface area (Å²) in [4.78, 5) is 9.31. The molecule has 16 heavy (non-hydrogen) atoms. The molecule has 90 valence electrons. The zero-order valence-corrected chi connectivity index (χ0v) is 9.00. The zero-order chi connectivity index (χ0) is 12.7. The third kappa shape index (κ3) is 2.11. The summed E-state index contributed by atoms with van der Waals surface area (Å²) in [5, 5.41) is 13.1. The van der Waals surface area contributed by atoms with E-state index in [0.29, 0.717) is 4.68 Å². The predicted molar refractivity (Wildman–Crippen MR) is 49.3 cm³/mol. The largest absolute Gasteiger partial charge is 0.440 e. The second-order valence-electron chi connectivity index (χ2n) is 3.28. The maximum Gasteiger partial charge on any atom is 0.440 e. The third-order valence-corrected chi connectivity index (χ3v) is 2.04. The van der Waals surface area contributed by atoms with Crippen molar-refractivity contribution >= 4 is 17.3 Å². The third-order valence-electron chi connectivity index (χ3n) is 1.78. The van der Waals surface area contributed by atoms with Crippen LogP contribution < -0.4 is 0 Å². The highest BCUT2D eigenvalue weighted by molar-refractivity contribution is 6.31. The van der Waals surface area contributed by atoms with Crippen molar-refractivity contribution in [3.05, 3.63) is 21.0 Å². The van der Waals surface area contributed by atoms with Crippen molar-refractivity contribution in [2.24, 2.45) is 0 Å². The van der Waals surface area contributed by atoms with Gasteiger partial charge < -0.3 is 0 Å². The minimum atomic E-state index is -4.87. The smallest absolute Gasteiger partial charge is 0.258 e. The van der Waals surface area contributed by atoms with Crippen LogP contribution in [0.4, 0.5) is 18.9 Å². The zero-order valence-electron chi connectivity index (χ0n) is 8.25. The molecule has 0 aliphatic carbocycles. The molecular formula is C7H7ClF3N3O2. The number of aromatic nitrogens is 2. The van der Waals surface area contributed by atoms with Gasteiger partial charge in [-0.05, 0) is 13.8 Å². The standard InChI is InChI=1S/C7H7ClF3N3O2/c1-3(2)13-5(7(9,10)11)4(14(15)16)6(8)12-13/h3H,1-2H3. The first-order valence-corrected chi connectivity index (χ1v) is 4.53. The minimum Gasteiger partial charge on any atom is -0.258 e. The van der Waals surface area contributed by atoms with Crippen LogP contribution >= 0.6 is 11.6 Å². The summed E-state index contributed by atoms with van der Waals surface area (Å²) in [5.74, 6) is 0. The van der Waals surface area contributed by atoms with Crippen molar-refractivity contribution in [2.45, 2.75) is 26.1 Å². The maximum absolute atomic E-state index is 12.6. The highest BCUT2D eigenvalue weighted by Gasteiger charge is 2.46. The van der Waals surface area contributed by atoms with Crippen molar-refractivity contribution in [3.63, 3.8) is 0 Å². The Labute approximate surface area is 93.0 Å². The first-order chi connectivity index (χ1) is 7.16. The van der Waals surface area contributed by atoms with Gasteiger partial charge in [0.15, 0.2) is 0 Å². The van der Waals surface area contributed by atoms with E-state index >= 15 is 0 Å². The summed E-state index contributed by atoms with van der Waals surface area (Å²) in [6.07, 6.45) is -4.87. The van der Waals surface area contributed by atoms with Gasteiger partial charge in [0.25, 0.3) is 0 Å². The lowest BCUT2D eigenvalue weighted by Gasteiger charge is -2.11. The Hall–Kier alpha value is -1.31. The fourth-order valence-corrected chi connectivity index (χ4v) is 1.44. The monoisotopic (exact) mass is 257 g/mol. The summed E-state index contributed by atoms with van der Waals surface area (Å²) >= 11 is 5.32. The molecule has 0 aromatic carbocycles.